The molecule has 0 saturated carbocycles. The van der Waals surface area contributed by atoms with Gasteiger partial charge in [0.15, 0.2) is 5.82 Å². The molecule has 2 heterocycles. The molecular weight excluding hydrogens is 389 g/mol. The molecule has 9 nitrogen and oxygen atoms in total. The Hall–Kier alpha value is -3.79. The number of hydrazone groups is 1. The highest BCUT2D eigenvalue weighted by Crippen LogP contribution is 2.26. The Morgan fingerprint density at radius 2 is 1.82 bits per heavy atom. The van der Waals surface area contributed by atoms with Crippen molar-refractivity contribution in [2.45, 2.75) is 0 Å². The van der Waals surface area contributed by atoms with Crippen molar-refractivity contribution >= 4 is 40.1 Å². The minimum absolute atomic E-state index is 0.0602. The summed E-state index contributed by atoms with van der Waals surface area (Å²) in [4.78, 5) is 8.70. The number of rotatable bonds is 4. The third kappa shape index (κ3) is 3.28. The fourth-order valence-electron chi connectivity index (χ4n) is 2.49. The van der Waals surface area contributed by atoms with E-state index in [1.54, 1.807) is 12.1 Å². The maximum absolute atomic E-state index is 13.4. The van der Waals surface area contributed by atoms with E-state index in [2.05, 4.69) is 35.3 Å². The van der Waals surface area contributed by atoms with Crippen LogP contribution in [0.25, 0.3) is 11.3 Å². The van der Waals surface area contributed by atoms with Crippen molar-refractivity contribution in [3.05, 3.63) is 64.6 Å². The van der Waals surface area contributed by atoms with E-state index in [1.807, 2.05) is 0 Å². The lowest BCUT2D eigenvalue weighted by Gasteiger charge is -2.12. The van der Waals surface area contributed by atoms with Crippen LogP contribution in [0.5, 0.6) is 5.75 Å². The van der Waals surface area contributed by atoms with Crippen molar-refractivity contribution in [2.75, 3.05) is 5.32 Å². The van der Waals surface area contributed by atoms with Crippen LogP contribution < -0.4 is 11.2 Å². The van der Waals surface area contributed by atoms with Crippen LogP contribution in [0.15, 0.2) is 52.2 Å². The van der Waals surface area contributed by atoms with Crippen LogP contribution in [0, 0.1) is 5.82 Å². The molecule has 4 aromatic rings. The monoisotopic (exact) mass is 399 g/mol. The summed E-state index contributed by atoms with van der Waals surface area (Å²) in [6.07, 6.45) is 0. The highest BCUT2D eigenvalue weighted by Gasteiger charge is 2.19. The average Bonchev–Trinajstić information content (AvgIpc) is 3.14. The summed E-state index contributed by atoms with van der Waals surface area (Å²) < 4.78 is 18.1. The van der Waals surface area contributed by atoms with E-state index in [-0.39, 0.29) is 39.3 Å². The van der Waals surface area contributed by atoms with Gasteiger partial charge in [0.2, 0.25) is 11.3 Å². The number of hydrogen-bond donors (Lipinski definition) is 3. The molecule has 11 heteroatoms. The zero-order valence-corrected chi connectivity index (χ0v) is 14.7. The molecule has 2 aromatic heterocycles. The van der Waals surface area contributed by atoms with Crippen LogP contribution >= 0.6 is 11.6 Å². The highest BCUT2D eigenvalue weighted by molar-refractivity contribution is 6.31. The third-order valence-electron chi connectivity index (χ3n) is 3.79. The molecule has 4 rings (SSSR count). The fourth-order valence-corrected chi connectivity index (χ4v) is 2.67. The molecule has 4 N–H and O–H groups in total. The van der Waals surface area contributed by atoms with Crippen molar-refractivity contribution < 1.29 is 14.1 Å². The number of nitrogens with zero attached hydrogens (tertiary/aromatic N) is 5. The molecular formula is C17H11ClFN7O2. The molecule has 0 fully saturated rings. The fraction of sp³-hybridized carbons (Fsp3) is 0. The van der Waals surface area contributed by atoms with Crippen LogP contribution in [-0.2, 0) is 0 Å². The number of nitrogens with one attached hydrogen (secondary N) is 1. The van der Waals surface area contributed by atoms with E-state index in [1.165, 1.54) is 30.3 Å². The molecule has 0 spiro atoms. The van der Waals surface area contributed by atoms with Gasteiger partial charge >= 0.3 is 0 Å². The van der Waals surface area contributed by atoms with E-state index >= 15 is 0 Å². The lowest BCUT2D eigenvalue weighted by atomic mass is 10.1. The first-order valence-electron chi connectivity index (χ1n) is 7.85. The first-order chi connectivity index (χ1) is 13.5. The van der Waals surface area contributed by atoms with Gasteiger partial charge < -0.3 is 16.3 Å². The van der Waals surface area contributed by atoms with Crippen molar-refractivity contribution in [3.8, 4) is 5.75 Å². The van der Waals surface area contributed by atoms with Crippen LogP contribution in [0.2, 0.25) is 5.02 Å². The van der Waals surface area contributed by atoms with Crippen LogP contribution in [0.1, 0.15) is 11.3 Å². The second kappa shape index (κ2) is 7.08. The predicted octanol–water partition coefficient (Wildman–Crippen LogP) is 2.97. The van der Waals surface area contributed by atoms with Gasteiger partial charge in [-0.15, -0.1) is 0 Å². The maximum atomic E-state index is 13.4. The Bertz CT molecular complexity index is 1190. The smallest absolute Gasteiger partial charge is 0.245 e. The summed E-state index contributed by atoms with van der Waals surface area (Å²) in [5.74, 6) is 5.36. The third-order valence-corrected chi connectivity index (χ3v) is 4.08. The van der Waals surface area contributed by atoms with Gasteiger partial charge in [0, 0.05) is 11.3 Å². The number of halogens is 2. The minimum atomic E-state index is -0.553. The van der Waals surface area contributed by atoms with Gasteiger partial charge in [0.05, 0.1) is 5.02 Å². The van der Waals surface area contributed by atoms with E-state index in [9.17, 15) is 9.50 Å². The quantitative estimate of drug-likeness (QED) is 0.271. The van der Waals surface area contributed by atoms with E-state index in [4.69, 9.17) is 17.4 Å². The molecule has 0 bridgehead atoms. The van der Waals surface area contributed by atoms with Crippen LogP contribution in [-0.4, -0.2) is 31.1 Å². The predicted molar refractivity (Wildman–Crippen MR) is 100 cm³/mol. The van der Waals surface area contributed by atoms with Gasteiger partial charge in [0.1, 0.15) is 23.0 Å². The van der Waals surface area contributed by atoms with Gasteiger partial charge in [-0.1, -0.05) is 11.6 Å². The van der Waals surface area contributed by atoms with Crippen LogP contribution in [0.3, 0.4) is 0 Å². The average molecular weight is 400 g/mol. The first kappa shape index (κ1) is 17.6. The van der Waals surface area contributed by atoms with Gasteiger partial charge in [-0.05, 0) is 52.8 Å². The number of aromatic nitrogens is 4. The molecule has 0 aliphatic rings. The van der Waals surface area contributed by atoms with E-state index in [0.29, 0.717) is 11.3 Å². The first-order valence-corrected chi connectivity index (χ1v) is 8.23. The summed E-state index contributed by atoms with van der Waals surface area (Å²) in [6.45, 7) is 0. The molecule has 28 heavy (non-hydrogen) atoms. The summed E-state index contributed by atoms with van der Waals surface area (Å²) in [5, 5.41) is 23.6. The maximum Gasteiger partial charge on any atom is 0.245 e. The van der Waals surface area contributed by atoms with Gasteiger partial charge in [-0.2, -0.15) is 5.10 Å². The minimum Gasteiger partial charge on any atom is -0.508 e. The van der Waals surface area contributed by atoms with Crippen molar-refractivity contribution in [3.63, 3.8) is 0 Å². The second-order valence-electron chi connectivity index (χ2n) is 5.61. The number of aromatic hydroxyl groups is 1. The number of hydrogen-bond acceptors (Lipinski definition) is 9. The zero-order valence-electron chi connectivity index (χ0n) is 14.0. The molecule has 0 atom stereocenters. The Morgan fingerprint density at radius 3 is 2.50 bits per heavy atom. The summed E-state index contributed by atoms with van der Waals surface area (Å²) in [6, 6.07) is 10.3. The summed E-state index contributed by atoms with van der Waals surface area (Å²) >= 11 is 5.84. The molecule has 0 amide bonds. The Labute approximate surface area is 161 Å². The van der Waals surface area contributed by atoms with E-state index < -0.39 is 5.82 Å². The summed E-state index contributed by atoms with van der Waals surface area (Å²) in [5.41, 5.74) is 1.86. The van der Waals surface area contributed by atoms with E-state index in [0.717, 1.165) is 0 Å². The van der Waals surface area contributed by atoms with Gasteiger partial charge in [0.25, 0.3) is 0 Å². The largest absolute Gasteiger partial charge is 0.508 e. The molecule has 0 unspecified atom stereocenters. The summed E-state index contributed by atoms with van der Waals surface area (Å²) in [7, 11) is 0. The highest BCUT2D eigenvalue weighted by atomic mass is 35.5. The Balaban J connectivity index is 1.84. The van der Waals surface area contributed by atoms with Gasteiger partial charge in [-0.3, -0.25) is 0 Å². The number of anilines is 2. The molecule has 2 aromatic carbocycles. The molecule has 0 radical (unpaired) electrons. The Morgan fingerprint density at radius 1 is 1.11 bits per heavy atom. The van der Waals surface area contributed by atoms with Crippen molar-refractivity contribution in [1.82, 2.24) is 20.3 Å². The van der Waals surface area contributed by atoms with Crippen molar-refractivity contribution in [2.24, 2.45) is 10.9 Å². The molecule has 0 saturated heterocycles. The lowest BCUT2D eigenvalue weighted by Crippen LogP contribution is -2.13. The normalized spacial score (nSPS) is 11.7. The number of benzene rings is 2. The number of nitrogens with two attached hydrogens (primary N) is 1. The Kier molecular flexibility index (Phi) is 4.45. The standard InChI is InChI=1S/C17H11ClFN7O2/c18-11-7-9(3-6-12(11)19)21-15-14(22-16-17(23-15)26-28-25-16)13(24-20)8-1-4-10(27)5-2-8/h1-7,27H,20H2,(H,21,23,26). The van der Waals surface area contributed by atoms with Gasteiger partial charge in [-0.25, -0.2) is 19.0 Å². The zero-order chi connectivity index (χ0) is 19.7. The van der Waals surface area contributed by atoms with Crippen LogP contribution in [0.4, 0.5) is 15.9 Å². The molecule has 0 aliphatic carbocycles. The topological polar surface area (TPSA) is 135 Å². The second-order valence-corrected chi connectivity index (χ2v) is 6.02. The lowest BCUT2D eigenvalue weighted by molar-refractivity contribution is 0.314. The number of phenolic OH excluding ortho intramolecular Hbond substituents is 1. The van der Waals surface area contributed by atoms with Crippen molar-refractivity contribution in [1.29, 1.82) is 0 Å². The molecule has 140 valence electrons. The number of fused-ring (bicyclic) bond motifs is 1. The SMILES string of the molecule is NN=C(c1ccc(O)cc1)c1nc2nonc2nc1Nc1ccc(F)c(Cl)c1. The number of phenols is 1. The molecule has 0 aliphatic heterocycles.